The fourth-order valence-electron chi connectivity index (χ4n) is 10.1. The van der Waals surface area contributed by atoms with Crippen LogP contribution in [-0.2, 0) is 14.3 Å². The molecule has 0 spiro atoms. The van der Waals surface area contributed by atoms with Gasteiger partial charge in [-0.3, -0.25) is 4.79 Å². The lowest BCUT2D eigenvalue weighted by Gasteiger charge is -2.61. The van der Waals surface area contributed by atoms with Gasteiger partial charge in [0.2, 0.25) is 6.29 Å². The molecule has 4 aliphatic carbocycles. The maximum absolute atomic E-state index is 12.7. The number of carbonyl (C=O) groups is 1. The lowest BCUT2D eigenvalue weighted by atomic mass is 9.44. The van der Waals surface area contributed by atoms with Crippen LogP contribution >= 0.6 is 0 Å². The van der Waals surface area contributed by atoms with E-state index in [-0.39, 0.29) is 12.5 Å². The number of hydrogen-bond donors (Lipinski definition) is 5. The molecule has 5 rings (SSSR count). The van der Waals surface area contributed by atoms with Crippen LogP contribution in [0.5, 0.6) is 0 Å². The van der Waals surface area contributed by atoms with Gasteiger partial charge in [-0.1, -0.05) is 20.8 Å². The molecule has 0 bridgehead atoms. The van der Waals surface area contributed by atoms with E-state index in [1.165, 1.54) is 44.9 Å². The number of hydrogen-bond acceptors (Lipinski definition) is 8. The Balaban J connectivity index is 1.17. The zero-order valence-electron chi connectivity index (χ0n) is 23.4. The Morgan fingerprint density at radius 1 is 0.921 bits per heavy atom. The molecule has 218 valence electrons. The standard InChI is InChI=1S/C30H50O8/c1-16(4-9-24(33)38-28-27(36)26(35)25(34)23(15-31)37-28)20-7-8-21-19-6-5-17-14-18(32)10-12-29(17,2)22(19)11-13-30(20,21)3/h16-23,25-28,31-32,34-36H,4-15H2,1-3H3/t16-,17-,18-,19+,20-,21+,22+,23-,25-,26+,27-,28+,29+,30-/m1/s1. The summed E-state index contributed by atoms with van der Waals surface area (Å²) in [6.45, 7) is 6.74. The molecule has 1 heterocycles. The average Bonchev–Trinajstić information content (AvgIpc) is 3.25. The van der Waals surface area contributed by atoms with Crippen LogP contribution in [0.3, 0.4) is 0 Å². The Morgan fingerprint density at radius 3 is 2.37 bits per heavy atom. The third-order valence-corrected chi connectivity index (χ3v) is 12.3. The van der Waals surface area contributed by atoms with E-state index < -0.39 is 43.3 Å². The van der Waals surface area contributed by atoms with Crippen molar-refractivity contribution in [3.8, 4) is 0 Å². The van der Waals surface area contributed by atoms with Crippen LogP contribution in [0.2, 0.25) is 0 Å². The summed E-state index contributed by atoms with van der Waals surface area (Å²) < 4.78 is 10.7. The molecular formula is C30H50O8. The Kier molecular flexibility index (Phi) is 8.25. The summed E-state index contributed by atoms with van der Waals surface area (Å²) in [5.41, 5.74) is 0.667. The predicted molar refractivity (Wildman–Crippen MR) is 139 cm³/mol. The Morgan fingerprint density at radius 2 is 1.63 bits per heavy atom. The number of aliphatic hydroxyl groups is 5. The third kappa shape index (κ3) is 4.85. The molecule has 5 N–H and O–H groups in total. The molecule has 5 fully saturated rings. The van der Waals surface area contributed by atoms with Crippen molar-refractivity contribution in [2.45, 2.75) is 128 Å². The number of rotatable bonds is 6. The number of aliphatic hydroxyl groups excluding tert-OH is 5. The van der Waals surface area contributed by atoms with Crippen LogP contribution in [0.15, 0.2) is 0 Å². The van der Waals surface area contributed by atoms with Crippen molar-refractivity contribution >= 4 is 5.97 Å². The van der Waals surface area contributed by atoms with Gasteiger partial charge < -0.3 is 35.0 Å². The quantitative estimate of drug-likeness (QED) is 0.326. The largest absolute Gasteiger partial charge is 0.433 e. The van der Waals surface area contributed by atoms with Gasteiger partial charge in [-0.25, -0.2) is 0 Å². The number of fused-ring (bicyclic) bond motifs is 5. The second-order valence-corrected chi connectivity index (χ2v) is 14.0. The van der Waals surface area contributed by atoms with Crippen molar-refractivity contribution in [2.24, 2.45) is 46.3 Å². The first-order chi connectivity index (χ1) is 18.0. The molecule has 38 heavy (non-hydrogen) atoms. The first kappa shape index (κ1) is 28.7. The lowest BCUT2D eigenvalue weighted by Crippen LogP contribution is -2.59. The van der Waals surface area contributed by atoms with E-state index in [1.54, 1.807) is 0 Å². The lowest BCUT2D eigenvalue weighted by molar-refractivity contribution is -0.292. The van der Waals surface area contributed by atoms with Crippen LogP contribution in [0.1, 0.15) is 91.4 Å². The molecule has 0 amide bonds. The minimum atomic E-state index is -1.57. The summed E-state index contributed by atoms with van der Waals surface area (Å²) in [6, 6.07) is 0. The second-order valence-electron chi connectivity index (χ2n) is 14.0. The highest BCUT2D eigenvalue weighted by Gasteiger charge is 2.60. The fraction of sp³-hybridized carbons (Fsp3) is 0.967. The topological polar surface area (TPSA) is 137 Å². The van der Waals surface area contributed by atoms with Crippen LogP contribution in [0.25, 0.3) is 0 Å². The van der Waals surface area contributed by atoms with Gasteiger partial charge in [-0.15, -0.1) is 0 Å². The maximum Gasteiger partial charge on any atom is 0.308 e. The van der Waals surface area contributed by atoms with Crippen molar-refractivity contribution in [2.75, 3.05) is 6.61 Å². The van der Waals surface area contributed by atoms with Gasteiger partial charge in [0, 0.05) is 6.42 Å². The minimum absolute atomic E-state index is 0.109. The van der Waals surface area contributed by atoms with E-state index in [9.17, 15) is 30.3 Å². The summed E-state index contributed by atoms with van der Waals surface area (Å²) in [6.07, 6.45) is 4.34. The summed E-state index contributed by atoms with van der Waals surface area (Å²) in [4.78, 5) is 12.7. The summed E-state index contributed by atoms with van der Waals surface area (Å²) in [5.74, 6) is 3.37. The smallest absolute Gasteiger partial charge is 0.308 e. The molecule has 1 aliphatic heterocycles. The molecule has 0 aromatic rings. The molecule has 0 aromatic heterocycles. The molecule has 4 saturated carbocycles. The Hall–Kier alpha value is -0.770. The zero-order valence-corrected chi connectivity index (χ0v) is 23.4. The van der Waals surface area contributed by atoms with Crippen LogP contribution in [0, 0.1) is 46.3 Å². The predicted octanol–water partition coefficient (Wildman–Crippen LogP) is 2.77. The molecule has 14 atom stereocenters. The SMILES string of the molecule is C[C@H](CCC(=O)O[C@@H]1O[C@H](CO)[C@@H](O)[C@H](O)[C@H]1O)[C@H]1CC[C@H]2[C@@H]3CC[C@@H]4C[C@H](O)CC[C@]4(C)[C@H]3CC[C@]12C. The molecule has 0 aromatic carbocycles. The van der Waals surface area contributed by atoms with E-state index in [0.29, 0.717) is 35.0 Å². The van der Waals surface area contributed by atoms with Gasteiger partial charge in [0.25, 0.3) is 0 Å². The third-order valence-electron chi connectivity index (χ3n) is 12.3. The maximum atomic E-state index is 12.7. The minimum Gasteiger partial charge on any atom is -0.433 e. The number of esters is 1. The monoisotopic (exact) mass is 538 g/mol. The summed E-state index contributed by atoms with van der Waals surface area (Å²) >= 11 is 0. The van der Waals surface area contributed by atoms with E-state index in [1.807, 2.05) is 0 Å². The van der Waals surface area contributed by atoms with Gasteiger partial charge in [0.05, 0.1) is 12.7 Å². The average molecular weight is 539 g/mol. The fourth-order valence-corrected chi connectivity index (χ4v) is 10.1. The normalized spacial score (nSPS) is 51.4. The zero-order chi connectivity index (χ0) is 27.4. The Bertz CT molecular complexity index is 850. The van der Waals surface area contributed by atoms with Crippen LogP contribution in [-0.4, -0.2) is 74.9 Å². The van der Waals surface area contributed by atoms with Crippen molar-refractivity contribution in [3.63, 3.8) is 0 Å². The molecule has 8 nitrogen and oxygen atoms in total. The van der Waals surface area contributed by atoms with Gasteiger partial charge in [-0.2, -0.15) is 0 Å². The van der Waals surface area contributed by atoms with Crippen molar-refractivity contribution in [3.05, 3.63) is 0 Å². The van der Waals surface area contributed by atoms with Crippen molar-refractivity contribution in [1.82, 2.24) is 0 Å². The number of carbonyl (C=O) groups excluding carboxylic acids is 1. The van der Waals surface area contributed by atoms with Gasteiger partial charge in [0.1, 0.15) is 24.4 Å². The van der Waals surface area contributed by atoms with Crippen molar-refractivity contribution < 1.29 is 39.8 Å². The van der Waals surface area contributed by atoms with Crippen LogP contribution in [0.4, 0.5) is 0 Å². The van der Waals surface area contributed by atoms with Crippen molar-refractivity contribution in [1.29, 1.82) is 0 Å². The first-order valence-corrected chi connectivity index (χ1v) is 15.2. The first-order valence-electron chi connectivity index (χ1n) is 15.2. The Labute approximate surface area is 227 Å². The van der Waals surface area contributed by atoms with E-state index in [4.69, 9.17) is 9.47 Å². The highest BCUT2D eigenvalue weighted by molar-refractivity contribution is 5.69. The van der Waals surface area contributed by atoms with Gasteiger partial charge >= 0.3 is 5.97 Å². The van der Waals surface area contributed by atoms with Gasteiger partial charge in [-0.05, 0) is 111 Å². The molecule has 5 aliphatic rings. The van der Waals surface area contributed by atoms with Gasteiger partial charge in [0.15, 0.2) is 0 Å². The molecular weight excluding hydrogens is 488 g/mol. The summed E-state index contributed by atoms with van der Waals surface area (Å²) in [5, 5.41) is 49.7. The van der Waals surface area contributed by atoms with E-state index in [2.05, 4.69) is 20.8 Å². The molecule has 8 heteroatoms. The highest BCUT2D eigenvalue weighted by atomic mass is 16.7. The number of ether oxygens (including phenoxy) is 2. The molecule has 0 radical (unpaired) electrons. The second kappa shape index (κ2) is 10.9. The molecule has 0 unspecified atom stereocenters. The van der Waals surface area contributed by atoms with Crippen LogP contribution < -0.4 is 0 Å². The summed E-state index contributed by atoms with van der Waals surface area (Å²) in [7, 11) is 0. The molecule has 1 saturated heterocycles. The van der Waals surface area contributed by atoms with E-state index >= 15 is 0 Å². The van der Waals surface area contributed by atoms with E-state index in [0.717, 1.165) is 30.6 Å². The highest BCUT2D eigenvalue weighted by Crippen LogP contribution is 2.68.